The van der Waals surface area contributed by atoms with Crippen LogP contribution in [0.2, 0.25) is 0 Å². The van der Waals surface area contributed by atoms with Crippen molar-refractivity contribution in [3.8, 4) is 5.75 Å². The lowest BCUT2D eigenvalue weighted by Crippen LogP contribution is -2.50. The summed E-state index contributed by atoms with van der Waals surface area (Å²) in [6.45, 7) is 4.65. The molecule has 6 heteroatoms. The number of aryl methyl sites for hydroxylation is 1. The highest BCUT2D eigenvalue weighted by Gasteiger charge is 2.43. The van der Waals surface area contributed by atoms with Crippen molar-refractivity contribution < 1.29 is 19.5 Å². The predicted octanol–water partition coefficient (Wildman–Crippen LogP) is 2.76. The maximum atomic E-state index is 13.0. The molecular weight excluding hydrogens is 380 g/mol. The van der Waals surface area contributed by atoms with E-state index in [1.165, 1.54) is 11.6 Å². The van der Waals surface area contributed by atoms with E-state index in [0.717, 1.165) is 43.6 Å². The first-order chi connectivity index (χ1) is 14.5. The van der Waals surface area contributed by atoms with Gasteiger partial charge in [0.1, 0.15) is 11.4 Å². The zero-order valence-corrected chi connectivity index (χ0v) is 17.1. The Morgan fingerprint density at radius 3 is 2.67 bits per heavy atom. The molecule has 1 amide bonds. The van der Waals surface area contributed by atoms with Crippen molar-refractivity contribution in [3.05, 3.63) is 70.8 Å². The Balaban J connectivity index is 1.48. The SMILES string of the molecule is Cc1cc(/C=C/C(=O)N[OH2+])cc2c1OC1(CCN(Cc3ccccc3)CC1)CC2=O. The highest BCUT2D eigenvalue weighted by molar-refractivity contribution is 6.01. The zero-order chi connectivity index (χ0) is 21.1. The Labute approximate surface area is 176 Å². The first kappa shape index (κ1) is 20.3. The fraction of sp³-hybridized carbons (Fsp3) is 0.333. The molecule has 1 saturated heterocycles. The number of nitrogens with one attached hydrogen (secondary N) is 1. The van der Waals surface area contributed by atoms with Crippen LogP contribution in [0.5, 0.6) is 5.75 Å². The summed E-state index contributed by atoms with van der Waals surface area (Å²) in [6, 6.07) is 14.1. The molecule has 0 aliphatic carbocycles. The number of hydrogen-bond acceptors (Lipinski definition) is 4. The molecule has 1 fully saturated rings. The maximum Gasteiger partial charge on any atom is 0.306 e. The minimum atomic E-state index is -0.505. The summed E-state index contributed by atoms with van der Waals surface area (Å²) >= 11 is 0. The minimum absolute atomic E-state index is 0.0936. The Morgan fingerprint density at radius 1 is 1.23 bits per heavy atom. The van der Waals surface area contributed by atoms with Gasteiger partial charge >= 0.3 is 5.91 Å². The number of fused-ring (bicyclic) bond motifs is 1. The van der Waals surface area contributed by atoms with E-state index >= 15 is 0 Å². The van der Waals surface area contributed by atoms with Gasteiger partial charge in [-0.15, -0.1) is 5.48 Å². The second kappa shape index (κ2) is 8.42. The van der Waals surface area contributed by atoms with Gasteiger partial charge in [0.05, 0.1) is 12.0 Å². The summed E-state index contributed by atoms with van der Waals surface area (Å²) in [5.74, 6) is 0.259. The van der Waals surface area contributed by atoms with Crippen LogP contribution >= 0.6 is 0 Å². The van der Waals surface area contributed by atoms with Gasteiger partial charge in [-0.3, -0.25) is 14.5 Å². The number of ketones is 1. The molecule has 2 aromatic carbocycles. The third kappa shape index (κ3) is 4.30. The Kier molecular flexibility index (Phi) is 5.70. The van der Waals surface area contributed by atoms with Crippen molar-refractivity contribution in [1.82, 2.24) is 10.4 Å². The van der Waals surface area contributed by atoms with Crippen LogP contribution in [0.25, 0.3) is 6.08 Å². The van der Waals surface area contributed by atoms with Gasteiger partial charge in [0.15, 0.2) is 5.78 Å². The number of ether oxygens (including phenoxy) is 1. The van der Waals surface area contributed by atoms with E-state index in [1.54, 1.807) is 12.1 Å². The molecule has 6 nitrogen and oxygen atoms in total. The van der Waals surface area contributed by atoms with E-state index in [9.17, 15) is 9.59 Å². The lowest BCUT2D eigenvalue weighted by atomic mass is 9.81. The first-order valence-corrected chi connectivity index (χ1v) is 10.3. The monoisotopic (exact) mass is 407 g/mol. The van der Waals surface area contributed by atoms with E-state index in [2.05, 4.69) is 29.2 Å². The van der Waals surface area contributed by atoms with E-state index < -0.39 is 11.5 Å². The third-order valence-electron chi connectivity index (χ3n) is 5.97. The van der Waals surface area contributed by atoms with Crippen LogP contribution in [-0.2, 0) is 11.3 Å². The first-order valence-electron chi connectivity index (χ1n) is 10.3. The molecule has 2 aliphatic rings. The van der Waals surface area contributed by atoms with Crippen LogP contribution in [0.3, 0.4) is 0 Å². The molecule has 0 radical (unpaired) electrons. The van der Waals surface area contributed by atoms with Gasteiger partial charge in [0.25, 0.3) is 0 Å². The Bertz CT molecular complexity index is 976. The van der Waals surface area contributed by atoms with Crippen LogP contribution in [0, 0.1) is 6.92 Å². The topological polar surface area (TPSA) is 81.5 Å². The number of hydroxylamine groups is 1. The minimum Gasteiger partial charge on any atom is -0.486 e. The number of nitrogens with zero attached hydrogens (tertiary/aromatic N) is 1. The van der Waals surface area contributed by atoms with Gasteiger partial charge in [-0.1, -0.05) is 30.3 Å². The summed E-state index contributed by atoms with van der Waals surface area (Å²) < 4.78 is 6.48. The number of likely N-dealkylation sites (tertiary alicyclic amines) is 1. The third-order valence-corrected chi connectivity index (χ3v) is 5.97. The van der Waals surface area contributed by atoms with Crippen LogP contribution in [0.15, 0.2) is 48.5 Å². The van der Waals surface area contributed by atoms with Crippen molar-refractivity contribution in [2.75, 3.05) is 13.1 Å². The predicted molar refractivity (Wildman–Crippen MR) is 115 cm³/mol. The molecule has 2 heterocycles. The Hall–Kier alpha value is -2.96. The molecule has 0 aromatic heterocycles. The van der Waals surface area contributed by atoms with Crippen molar-refractivity contribution in [1.29, 1.82) is 0 Å². The smallest absolute Gasteiger partial charge is 0.306 e. The number of hydrogen-bond donors (Lipinski definition) is 1. The van der Waals surface area contributed by atoms with Gasteiger partial charge in [-0.25, -0.2) is 0 Å². The number of Topliss-reactive ketones (excluding diaryl/α,β-unsaturated/α-hetero) is 1. The largest absolute Gasteiger partial charge is 0.486 e. The molecule has 0 saturated carbocycles. The summed E-state index contributed by atoms with van der Waals surface area (Å²) in [7, 11) is 0. The molecule has 2 aliphatic heterocycles. The lowest BCUT2D eigenvalue weighted by molar-refractivity contribution is -0.124. The molecule has 0 bridgehead atoms. The number of amides is 1. The maximum absolute atomic E-state index is 13.0. The fourth-order valence-corrected chi connectivity index (χ4v) is 4.33. The highest BCUT2D eigenvalue weighted by atomic mass is 16.5. The van der Waals surface area contributed by atoms with Gasteiger partial charge in [-0.05, 0) is 41.8 Å². The second-order valence-corrected chi connectivity index (χ2v) is 8.18. The second-order valence-electron chi connectivity index (χ2n) is 8.18. The molecule has 156 valence electrons. The fourth-order valence-electron chi connectivity index (χ4n) is 4.33. The number of benzene rings is 2. The molecule has 30 heavy (non-hydrogen) atoms. The van der Waals surface area contributed by atoms with Gasteiger partial charge in [0.2, 0.25) is 0 Å². The number of carbonyl (C=O) groups excluding carboxylic acids is 2. The van der Waals surface area contributed by atoms with E-state index in [1.807, 2.05) is 24.5 Å². The summed E-state index contributed by atoms with van der Waals surface area (Å²) in [6.07, 6.45) is 4.94. The lowest BCUT2D eigenvalue weighted by Gasteiger charge is -2.44. The van der Waals surface area contributed by atoms with Crippen molar-refractivity contribution in [3.63, 3.8) is 0 Å². The summed E-state index contributed by atoms with van der Waals surface area (Å²) in [4.78, 5) is 26.7. The zero-order valence-electron chi connectivity index (χ0n) is 17.1. The Morgan fingerprint density at radius 2 is 1.97 bits per heavy atom. The molecule has 1 spiro atoms. The van der Waals surface area contributed by atoms with Crippen LogP contribution in [-0.4, -0.2) is 40.5 Å². The number of piperidine rings is 1. The summed E-state index contributed by atoms with van der Waals surface area (Å²) in [5, 5.41) is 6.86. The number of carbonyl (C=O) groups is 2. The van der Waals surface area contributed by atoms with Crippen LogP contribution < -0.4 is 10.2 Å². The molecular formula is C24H27N2O4+. The van der Waals surface area contributed by atoms with Crippen LogP contribution in [0.4, 0.5) is 0 Å². The molecule has 3 N–H and O–H groups in total. The van der Waals surface area contributed by atoms with Crippen molar-refractivity contribution >= 4 is 17.8 Å². The molecule has 0 unspecified atom stereocenters. The van der Waals surface area contributed by atoms with Crippen molar-refractivity contribution in [2.45, 2.75) is 38.3 Å². The quantitative estimate of drug-likeness (QED) is 0.480. The van der Waals surface area contributed by atoms with E-state index in [0.29, 0.717) is 17.7 Å². The normalized spacial score (nSPS) is 18.3. The number of rotatable bonds is 4. The van der Waals surface area contributed by atoms with E-state index in [-0.39, 0.29) is 5.78 Å². The molecule has 0 atom stereocenters. The molecule has 2 aromatic rings. The van der Waals surface area contributed by atoms with Crippen molar-refractivity contribution in [2.24, 2.45) is 0 Å². The summed E-state index contributed by atoms with van der Waals surface area (Å²) in [5.41, 5.74) is 4.90. The van der Waals surface area contributed by atoms with Gasteiger partial charge < -0.3 is 9.94 Å². The van der Waals surface area contributed by atoms with Gasteiger partial charge in [0, 0.05) is 38.6 Å². The highest BCUT2D eigenvalue weighted by Crippen LogP contribution is 2.41. The average Bonchev–Trinajstić information content (AvgIpc) is 2.75. The van der Waals surface area contributed by atoms with Gasteiger partial charge in [-0.2, -0.15) is 0 Å². The average molecular weight is 407 g/mol. The molecule has 4 rings (SSSR count). The van der Waals surface area contributed by atoms with E-state index in [4.69, 9.17) is 9.94 Å². The standard InChI is InChI=1S/C24H26N2O4/c1-17-13-19(7-8-22(28)25-29)14-20-21(27)15-24(30-23(17)20)9-11-26(12-10-24)16-18-5-3-2-4-6-18/h2-8,13-14,29H,9-12,15-16H2,1H3,(H,25,28)/p+1/b8-7+. The van der Waals surface area contributed by atoms with Crippen LogP contribution in [0.1, 0.15) is 46.3 Å².